The SMILES string of the molecule is CC1=NN(c2ccccc2)C(=O)[C@@H]1[C@H](CC(=O)c1ccc(Cl)cc1)C(=O)O. The summed E-state index contributed by atoms with van der Waals surface area (Å²) in [5.41, 5.74) is 1.28. The van der Waals surface area contributed by atoms with E-state index >= 15 is 0 Å². The fourth-order valence-corrected chi connectivity index (χ4v) is 3.22. The van der Waals surface area contributed by atoms with E-state index in [0.29, 0.717) is 22.0 Å². The number of ketones is 1. The molecule has 0 bridgehead atoms. The van der Waals surface area contributed by atoms with E-state index in [4.69, 9.17) is 11.6 Å². The molecule has 1 aliphatic rings. The van der Waals surface area contributed by atoms with Crippen molar-refractivity contribution in [3.8, 4) is 0 Å². The van der Waals surface area contributed by atoms with E-state index in [1.54, 1.807) is 43.3 Å². The van der Waals surface area contributed by atoms with Gasteiger partial charge in [0.05, 0.1) is 17.5 Å². The minimum Gasteiger partial charge on any atom is -0.481 e. The van der Waals surface area contributed by atoms with Gasteiger partial charge in [0.2, 0.25) is 0 Å². The quantitative estimate of drug-likeness (QED) is 0.770. The van der Waals surface area contributed by atoms with Crippen molar-refractivity contribution >= 4 is 40.7 Å². The second-order valence-corrected chi connectivity index (χ2v) is 6.72. The zero-order chi connectivity index (χ0) is 19.6. The molecule has 138 valence electrons. The smallest absolute Gasteiger partial charge is 0.308 e. The van der Waals surface area contributed by atoms with Gasteiger partial charge >= 0.3 is 5.97 Å². The van der Waals surface area contributed by atoms with Crippen LogP contribution in [0.1, 0.15) is 23.7 Å². The summed E-state index contributed by atoms with van der Waals surface area (Å²) in [5.74, 6) is -4.20. The maximum atomic E-state index is 12.8. The Hall–Kier alpha value is -2.99. The molecule has 0 aromatic heterocycles. The number of benzene rings is 2. The third-order valence-corrected chi connectivity index (χ3v) is 4.73. The third-order valence-electron chi connectivity index (χ3n) is 4.47. The predicted molar refractivity (Wildman–Crippen MR) is 102 cm³/mol. The van der Waals surface area contributed by atoms with Crippen LogP contribution in [0, 0.1) is 11.8 Å². The molecule has 1 N–H and O–H groups in total. The molecule has 2 atom stereocenters. The first-order valence-electron chi connectivity index (χ1n) is 8.34. The summed E-state index contributed by atoms with van der Waals surface area (Å²) in [6, 6.07) is 15.0. The molecule has 2 aromatic carbocycles. The molecule has 0 saturated heterocycles. The van der Waals surface area contributed by atoms with Gasteiger partial charge in [-0.15, -0.1) is 0 Å². The second-order valence-electron chi connectivity index (χ2n) is 6.28. The number of halogens is 1. The van der Waals surface area contributed by atoms with Crippen molar-refractivity contribution in [3.63, 3.8) is 0 Å². The van der Waals surface area contributed by atoms with E-state index in [9.17, 15) is 19.5 Å². The number of hydrogen-bond donors (Lipinski definition) is 1. The van der Waals surface area contributed by atoms with Gasteiger partial charge in [-0.3, -0.25) is 14.4 Å². The summed E-state index contributed by atoms with van der Waals surface area (Å²) in [4.78, 5) is 37.2. The zero-order valence-electron chi connectivity index (χ0n) is 14.5. The Morgan fingerprint density at radius 3 is 2.37 bits per heavy atom. The van der Waals surface area contributed by atoms with Gasteiger partial charge in [-0.1, -0.05) is 29.8 Å². The lowest BCUT2D eigenvalue weighted by Crippen LogP contribution is -2.37. The highest BCUT2D eigenvalue weighted by Gasteiger charge is 2.44. The number of carbonyl (C=O) groups excluding carboxylic acids is 2. The van der Waals surface area contributed by atoms with Gasteiger partial charge in [-0.05, 0) is 43.3 Å². The van der Waals surface area contributed by atoms with Crippen molar-refractivity contribution in [1.29, 1.82) is 0 Å². The van der Waals surface area contributed by atoms with E-state index in [2.05, 4.69) is 5.10 Å². The first-order valence-corrected chi connectivity index (χ1v) is 8.72. The summed E-state index contributed by atoms with van der Waals surface area (Å²) in [7, 11) is 0. The molecular formula is C20H17ClN2O4. The largest absolute Gasteiger partial charge is 0.481 e. The Kier molecular flexibility index (Phi) is 5.37. The highest BCUT2D eigenvalue weighted by Crippen LogP contribution is 2.31. The van der Waals surface area contributed by atoms with Crippen molar-refractivity contribution in [3.05, 3.63) is 65.2 Å². The highest BCUT2D eigenvalue weighted by atomic mass is 35.5. The van der Waals surface area contributed by atoms with E-state index in [-0.39, 0.29) is 12.2 Å². The van der Waals surface area contributed by atoms with Crippen LogP contribution in [-0.4, -0.2) is 28.5 Å². The van der Waals surface area contributed by atoms with Crippen molar-refractivity contribution in [2.75, 3.05) is 5.01 Å². The lowest BCUT2D eigenvalue weighted by atomic mass is 9.83. The van der Waals surface area contributed by atoms with Crippen molar-refractivity contribution < 1.29 is 19.5 Å². The second kappa shape index (κ2) is 7.72. The van der Waals surface area contributed by atoms with Gasteiger partial charge in [0.1, 0.15) is 0 Å². The maximum Gasteiger partial charge on any atom is 0.308 e. The minimum absolute atomic E-state index is 0.303. The Bertz CT molecular complexity index is 909. The summed E-state index contributed by atoms with van der Waals surface area (Å²) in [6.07, 6.45) is -0.303. The van der Waals surface area contributed by atoms with Crippen LogP contribution in [0.4, 0.5) is 5.69 Å². The van der Waals surface area contributed by atoms with Crippen molar-refractivity contribution in [1.82, 2.24) is 0 Å². The number of nitrogens with zero attached hydrogens (tertiary/aromatic N) is 2. The number of rotatable bonds is 6. The molecule has 0 fully saturated rings. The predicted octanol–water partition coefficient (Wildman–Crippen LogP) is 3.65. The van der Waals surface area contributed by atoms with Gasteiger partial charge in [-0.2, -0.15) is 5.10 Å². The van der Waals surface area contributed by atoms with Crippen molar-refractivity contribution in [2.24, 2.45) is 16.9 Å². The topological polar surface area (TPSA) is 87.0 Å². The molecule has 1 heterocycles. The maximum absolute atomic E-state index is 12.8. The molecule has 0 aliphatic carbocycles. The number of hydrogen-bond acceptors (Lipinski definition) is 4. The fraction of sp³-hybridized carbons (Fsp3) is 0.200. The van der Waals surface area contributed by atoms with E-state index in [0.717, 1.165) is 0 Å². The van der Waals surface area contributed by atoms with Crippen molar-refractivity contribution in [2.45, 2.75) is 13.3 Å². The van der Waals surface area contributed by atoms with Crippen LogP contribution in [0.5, 0.6) is 0 Å². The van der Waals surface area contributed by atoms with Gasteiger partial charge in [0.15, 0.2) is 5.78 Å². The van der Waals surface area contributed by atoms with Crippen LogP contribution in [0.3, 0.4) is 0 Å². The van der Waals surface area contributed by atoms with Gasteiger partial charge < -0.3 is 5.11 Å². The summed E-state index contributed by atoms with van der Waals surface area (Å²) >= 11 is 5.82. The lowest BCUT2D eigenvalue weighted by molar-refractivity contribution is -0.144. The Morgan fingerprint density at radius 1 is 1.15 bits per heavy atom. The number of carboxylic acid groups (broad SMARTS) is 1. The molecule has 2 aromatic rings. The zero-order valence-corrected chi connectivity index (χ0v) is 15.3. The molecule has 7 heteroatoms. The van der Waals surface area contributed by atoms with Crippen LogP contribution in [-0.2, 0) is 9.59 Å². The number of hydrazone groups is 1. The summed E-state index contributed by atoms with van der Waals surface area (Å²) in [6.45, 7) is 1.61. The van der Waals surface area contributed by atoms with E-state index in [1.165, 1.54) is 17.1 Å². The number of Topliss-reactive ketones (excluding diaryl/α,β-unsaturated/α-hetero) is 1. The van der Waals surface area contributed by atoms with E-state index < -0.39 is 23.7 Å². The average Bonchev–Trinajstić information content (AvgIpc) is 2.95. The highest BCUT2D eigenvalue weighted by molar-refractivity contribution is 6.30. The first-order chi connectivity index (χ1) is 12.9. The molecule has 1 amide bonds. The molecule has 27 heavy (non-hydrogen) atoms. The molecule has 3 rings (SSSR count). The van der Waals surface area contributed by atoms with Crippen LogP contribution in [0.25, 0.3) is 0 Å². The average molecular weight is 385 g/mol. The Labute approximate surface area is 161 Å². The summed E-state index contributed by atoms with van der Waals surface area (Å²) < 4.78 is 0. The molecular weight excluding hydrogens is 368 g/mol. The van der Waals surface area contributed by atoms with Crippen LogP contribution >= 0.6 is 11.6 Å². The number of amides is 1. The number of carboxylic acids is 1. The monoisotopic (exact) mass is 384 g/mol. The standard InChI is InChI=1S/C20H17ClN2O4/c1-12-18(19(25)23(22-12)15-5-3-2-4-6-15)16(20(26)27)11-17(24)13-7-9-14(21)10-8-13/h2-10,16,18H,11H2,1H3,(H,26,27)/t16-,18-/m0/s1. The normalized spacial score (nSPS) is 17.6. The first kappa shape index (κ1) is 18.8. The fourth-order valence-electron chi connectivity index (χ4n) is 3.10. The molecule has 0 unspecified atom stereocenters. The van der Waals surface area contributed by atoms with Crippen LogP contribution in [0.2, 0.25) is 5.02 Å². The Balaban J connectivity index is 1.84. The molecule has 0 radical (unpaired) electrons. The number of aliphatic carboxylic acids is 1. The minimum atomic E-state index is -1.21. The molecule has 0 spiro atoms. The van der Waals surface area contributed by atoms with Gasteiger partial charge in [0.25, 0.3) is 5.91 Å². The Morgan fingerprint density at radius 2 is 1.78 bits per heavy atom. The number of para-hydroxylation sites is 1. The molecule has 0 saturated carbocycles. The summed E-state index contributed by atoms with van der Waals surface area (Å²) in [5, 5.41) is 15.6. The number of carbonyl (C=O) groups is 3. The van der Waals surface area contributed by atoms with E-state index in [1.807, 2.05) is 6.07 Å². The third kappa shape index (κ3) is 3.90. The van der Waals surface area contributed by atoms with Gasteiger partial charge in [-0.25, -0.2) is 5.01 Å². The lowest BCUT2D eigenvalue weighted by Gasteiger charge is -2.19. The van der Waals surface area contributed by atoms with Gasteiger partial charge in [0, 0.05) is 22.7 Å². The molecule has 6 nitrogen and oxygen atoms in total. The number of anilines is 1. The molecule has 1 aliphatic heterocycles. The van der Waals surface area contributed by atoms with Crippen LogP contribution in [0.15, 0.2) is 59.7 Å². The van der Waals surface area contributed by atoms with Crippen LogP contribution < -0.4 is 5.01 Å².